The first-order valence-electron chi connectivity index (χ1n) is 7.31. The van der Waals surface area contributed by atoms with Crippen LogP contribution in [0.5, 0.6) is 0 Å². The number of thioether (sulfide) groups is 1. The molecule has 7 nitrogen and oxygen atoms in total. The highest BCUT2D eigenvalue weighted by molar-refractivity contribution is 8.00. The van der Waals surface area contributed by atoms with Crippen molar-refractivity contribution < 1.29 is 27.5 Å². The lowest BCUT2D eigenvalue weighted by Crippen LogP contribution is -2.44. The lowest BCUT2D eigenvalue weighted by Gasteiger charge is -2.24. The number of sulfonamides is 1. The third-order valence-corrected chi connectivity index (χ3v) is 6.18. The summed E-state index contributed by atoms with van der Waals surface area (Å²) in [6.07, 6.45) is 0. The number of halogens is 1. The maximum atomic E-state index is 13.0. The van der Waals surface area contributed by atoms with Crippen LogP contribution in [0.15, 0.2) is 53.4 Å². The second kappa shape index (κ2) is 7.06. The lowest BCUT2D eigenvalue weighted by atomic mass is 10.1. The van der Waals surface area contributed by atoms with Crippen LogP contribution in [0.25, 0.3) is 0 Å². The van der Waals surface area contributed by atoms with Gasteiger partial charge in [0.2, 0.25) is 5.91 Å². The molecule has 0 spiro atoms. The predicted octanol–water partition coefficient (Wildman–Crippen LogP) is 0.657. The van der Waals surface area contributed by atoms with Crippen LogP contribution in [0, 0.1) is 5.82 Å². The van der Waals surface area contributed by atoms with Crippen molar-refractivity contribution in [3.05, 3.63) is 65.5 Å². The number of amides is 1. The van der Waals surface area contributed by atoms with Gasteiger partial charge in [0.15, 0.2) is 0 Å². The van der Waals surface area contributed by atoms with Gasteiger partial charge in [-0.3, -0.25) is 4.79 Å². The monoisotopic (exact) mass is 395 g/mol. The van der Waals surface area contributed by atoms with Crippen molar-refractivity contribution in [1.82, 2.24) is 9.84 Å². The molecule has 1 atom stereocenters. The number of carboxylic acids is 1. The molecule has 1 amide bonds. The number of benzene rings is 2. The number of carbonyl (C=O) groups excluding carboxylic acids is 2. The van der Waals surface area contributed by atoms with E-state index in [-0.39, 0.29) is 16.2 Å². The third-order valence-electron chi connectivity index (χ3n) is 3.64. The minimum absolute atomic E-state index is 0.0264. The smallest absolute Gasteiger partial charge is 0.257 e. The van der Waals surface area contributed by atoms with Crippen molar-refractivity contribution in [2.24, 2.45) is 0 Å². The van der Waals surface area contributed by atoms with Gasteiger partial charge in [0.1, 0.15) is 11.2 Å². The van der Waals surface area contributed by atoms with Gasteiger partial charge >= 0.3 is 0 Å². The highest BCUT2D eigenvalue weighted by Gasteiger charge is 2.36. The lowest BCUT2D eigenvalue weighted by molar-refractivity contribution is -0.255. The Kier molecular flexibility index (Phi) is 4.99. The van der Waals surface area contributed by atoms with Crippen molar-refractivity contribution in [1.29, 1.82) is 0 Å². The first-order chi connectivity index (χ1) is 12.3. The number of hydrogen-bond acceptors (Lipinski definition) is 6. The molecular weight excluding hydrogens is 383 g/mol. The summed E-state index contributed by atoms with van der Waals surface area (Å²) >= 11 is 1.19. The zero-order chi connectivity index (χ0) is 18.9. The first-order valence-corrected chi connectivity index (χ1v) is 9.84. The molecule has 0 saturated carbocycles. The molecule has 1 saturated heterocycles. The van der Waals surface area contributed by atoms with Crippen LogP contribution < -0.4 is 9.94 Å². The number of rotatable bonds is 5. The molecule has 2 aromatic carbocycles. The van der Waals surface area contributed by atoms with Crippen LogP contribution in [0.4, 0.5) is 4.39 Å². The SMILES string of the molecule is O=C([O-])c1ccc([C@H]2SCC(=O)N2NS(=O)(=O)c2ccc(F)cc2)cc1. The van der Waals surface area contributed by atoms with Crippen molar-refractivity contribution in [2.75, 3.05) is 5.75 Å². The standard InChI is InChI=1S/C16H13FN2O5S2/c17-12-5-7-13(8-6-12)26(23,24)18-19-14(20)9-25-15(19)10-1-3-11(4-2-10)16(21)22/h1-8,15,18H,9H2,(H,21,22)/p-1/t15-/m1/s1. The van der Waals surface area contributed by atoms with Crippen molar-refractivity contribution >= 4 is 33.7 Å². The summed E-state index contributed by atoms with van der Waals surface area (Å²) < 4.78 is 37.9. The number of aromatic carboxylic acids is 1. The van der Waals surface area contributed by atoms with E-state index in [4.69, 9.17) is 0 Å². The molecule has 10 heteroatoms. The van der Waals surface area contributed by atoms with Crippen molar-refractivity contribution in [3.8, 4) is 0 Å². The number of hydrogen-bond donors (Lipinski definition) is 1. The van der Waals surface area contributed by atoms with Gasteiger partial charge < -0.3 is 9.90 Å². The normalized spacial score (nSPS) is 17.5. The van der Waals surface area contributed by atoms with Crippen LogP contribution >= 0.6 is 11.8 Å². The van der Waals surface area contributed by atoms with Gasteiger partial charge in [-0.15, -0.1) is 16.6 Å². The molecule has 1 aliphatic rings. The van der Waals surface area contributed by atoms with Gasteiger partial charge in [0.05, 0.1) is 16.6 Å². The Labute approximate surface area is 152 Å². The zero-order valence-corrected chi connectivity index (χ0v) is 14.7. The molecule has 2 aromatic rings. The van der Waals surface area contributed by atoms with E-state index in [1.807, 2.05) is 0 Å². The molecule has 0 aromatic heterocycles. The molecule has 1 heterocycles. The molecule has 0 bridgehead atoms. The second-order valence-corrected chi connectivity index (χ2v) is 8.11. The topological polar surface area (TPSA) is 107 Å². The molecule has 0 radical (unpaired) electrons. The number of carbonyl (C=O) groups is 2. The number of carboxylic acid groups (broad SMARTS) is 1. The maximum Gasteiger partial charge on any atom is 0.257 e. The van der Waals surface area contributed by atoms with Crippen molar-refractivity contribution in [3.63, 3.8) is 0 Å². The fraction of sp³-hybridized carbons (Fsp3) is 0.125. The fourth-order valence-electron chi connectivity index (χ4n) is 2.35. The summed E-state index contributed by atoms with van der Waals surface area (Å²) in [5, 5.41) is 11.1. The maximum absolute atomic E-state index is 13.0. The fourth-order valence-corrected chi connectivity index (χ4v) is 4.59. The number of nitrogens with zero attached hydrogens (tertiary/aromatic N) is 1. The molecule has 1 fully saturated rings. The Morgan fingerprint density at radius 3 is 2.35 bits per heavy atom. The predicted molar refractivity (Wildman–Crippen MR) is 89.5 cm³/mol. The molecule has 3 rings (SSSR count). The molecule has 1 N–H and O–H groups in total. The Bertz CT molecular complexity index is 946. The van der Waals surface area contributed by atoms with Crippen LogP contribution in [0.2, 0.25) is 0 Å². The molecule has 136 valence electrons. The minimum Gasteiger partial charge on any atom is -0.545 e. The van der Waals surface area contributed by atoms with E-state index < -0.39 is 33.1 Å². The largest absolute Gasteiger partial charge is 0.545 e. The van der Waals surface area contributed by atoms with E-state index in [1.165, 1.54) is 36.0 Å². The Morgan fingerprint density at radius 2 is 1.77 bits per heavy atom. The summed E-state index contributed by atoms with van der Waals surface area (Å²) in [4.78, 5) is 25.0. The summed E-state index contributed by atoms with van der Waals surface area (Å²) in [7, 11) is -4.08. The average Bonchev–Trinajstić information content (AvgIpc) is 2.95. The molecule has 0 aliphatic carbocycles. The summed E-state index contributed by atoms with van der Waals surface area (Å²) in [5.74, 6) is -2.31. The Morgan fingerprint density at radius 1 is 1.15 bits per heavy atom. The molecule has 0 unspecified atom stereocenters. The zero-order valence-electron chi connectivity index (χ0n) is 13.1. The molecular formula is C16H12FN2O5S2-. The molecule has 1 aliphatic heterocycles. The third kappa shape index (κ3) is 3.71. The van der Waals surface area contributed by atoms with Crippen LogP contribution in [0.3, 0.4) is 0 Å². The highest BCUT2D eigenvalue weighted by atomic mass is 32.2. The van der Waals surface area contributed by atoms with Gasteiger partial charge in [-0.2, -0.15) is 0 Å². The van der Waals surface area contributed by atoms with E-state index in [2.05, 4.69) is 4.83 Å². The summed E-state index contributed by atoms with van der Waals surface area (Å²) in [6, 6.07) is 9.81. The van der Waals surface area contributed by atoms with E-state index in [1.54, 1.807) is 0 Å². The van der Waals surface area contributed by atoms with Gasteiger partial charge in [-0.25, -0.2) is 17.8 Å². The minimum atomic E-state index is -4.08. The van der Waals surface area contributed by atoms with Gasteiger partial charge in [0.25, 0.3) is 10.0 Å². The van der Waals surface area contributed by atoms with Crippen molar-refractivity contribution in [2.45, 2.75) is 10.3 Å². The van der Waals surface area contributed by atoms with E-state index >= 15 is 0 Å². The van der Waals surface area contributed by atoms with Gasteiger partial charge in [-0.1, -0.05) is 24.3 Å². The summed E-state index contributed by atoms with van der Waals surface area (Å²) in [5.41, 5.74) is 0.522. The number of nitrogens with one attached hydrogen (secondary N) is 1. The Hall–Kier alpha value is -2.43. The van der Waals surface area contributed by atoms with Crippen LogP contribution in [-0.4, -0.2) is 31.1 Å². The number of hydrazine groups is 1. The second-order valence-electron chi connectivity index (χ2n) is 5.39. The quantitative estimate of drug-likeness (QED) is 0.797. The highest BCUT2D eigenvalue weighted by Crippen LogP contribution is 2.37. The van der Waals surface area contributed by atoms with Gasteiger partial charge in [-0.05, 0) is 35.4 Å². The first kappa shape index (κ1) is 18.4. The van der Waals surface area contributed by atoms with Gasteiger partial charge in [0, 0.05) is 0 Å². The Balaban J connectivity index is 1.86. The van der Waals surface area contributed by atoms with E-state index in [9.17, 15) is 27.5 Å². The summed E-state index contributed by atoms with van der Waals surface area (Å²) in [6.45, 7) is 0. The van der Waals surface area contributed by atoms with E-state index in [0.717, 1.165) is 29.3 Å². The average molecular weight is 395 g/mol. The molecule has 26 heavy (non-hydrogen) atoms. The van der Waals surface area contributed by atoms with E-state index in [0.29, 0.717) is 5.56 Å². The van der Waals surface area contributed by atoms with Crippen LogP contribution in [0.1, 0.15) is 21.3 Å². The van der Waals surface area contributed by atoms with Crippen LogP contribution in [-0.2, 0) is 14.8 Å².